The Morgan fingerprint density at radius 2 is 1.92 bits per heavy atom. The largest absolute Gasteiger partial charge is 0.508 e. The molecule has 0 unspecified atom stereocenters. The summed E-state index contributed by atoms with van der Waals surface area (Å²) in [5.41, 5.74) is 4.99. The highest BCUT2D eigenvalue weighted by Gasteiger charge is 2.10. The summed E-state index contributed by atoms with van der Waals surface area (Å²) in [6, 6.07) is 15.5. The summed E-state index contributed by atoms with van der Waals surface area (Å²) < 4.78 is 5.11. The number of amides is 1. The predicted molar refractivity (Wildman–Crippen MR) is 93.7 cm³/mol. The van der Waals surface area contributed by atoms with E-state index >= 15 is 0 Å². The number of hydrazone groups is 1. The molecule has 1 heterocycles. The zero-order chi connectivity index (χ0) is 17.6. The van der Waals surface area contributed by atoms with Crippen molar-refractivity contribution in [2.24, 2.45) is 5.10 Å². The summed E-state index contributed by atoms with van der Waals surface area (Å²) in [7, 11) is 1.60. The number of aromatic hydroxyl groups is 1. The average molecular weight is 336 g/mol. The van der Waals surface area contributed by atoms with E-state index in [4.69, 9.17) is 4.74 Å². The molecule has 3 rings (SSSR count). The van der Waals surface area contributed by atoms with Crippen LogP contribution in [0.15, 0.2) is 59.7 Å². The molecule has 7 nitrogen and oxygen atoms in total. The summed E-state index contributed by atoms with van der Waals surface area (Å²) >= 11 is 0. The lowest BCUT2D eigenvalue weighted by Crippen LogP contribution is -2.17. The number of carbonyl (C=O) groups is 1. The quantitative estimate of drug-likeness (QED) is 0.492. The van der Waals surface area contributed by atoms with Crippen molar-refractivity contribution in [3.8, 4) is 22.8 Å². The second kappa shape index (κ2) is 7.31. The van der Waals surface area contributed by atoms with Crippen LogP contribution in [-0.4, -0.2) is 34.5 Å². The number of methoxy groups -OCH3 is 1. The van der Waals surface area contributed by atoms with Gasteiger partial charge in [-0.15, -0.1) is 0 Å². The van der Waals surface area contributed by atoms with Crippen molar-refractivity contribution < 1.29 is 14.6 Å². The molecule has 0 spiro atoms. The monoisotopic (exact) mass is 336 g/mol. The van der Waals surface area contributed by atoms with Gasteiger partial charge in [-0.2, -0.15) is 10.2 Å². The number of benzene rings is 2. The molecule has 0 saturated heterocycles. The smallest absolute Gasteiger partial charge is 0.289 e. The summed E-state index contributed by atoms with van der Waals surface area (Å²) in [6.45, 7) is 0. The van der Waals surface area contributed by atoms with Crippen molar-refractivity contribution >= 4 is 12.1 Å². The Morgan fingerprint density at radius 3 is 2.60 bits per heavy atom. The highest BCUT2D eigenvalue weighted by Crippen LogP contribution is 2.21. The van der Waals surface area contributed by atoms with Crippen LogP contribution in [-0.2, 0) is 0 Å². The molecule has 1 amide bonds. The maximum Gasteiger partial charge on any atom is 0.289 e. The lowest BCUT2D eigenvalue weighted by Gasteiger charge is -2.00. The molecule has 126 valence electrons. The molecule has 1 aromatic heterocycles. The van der Waals surface area contributed by atoms with Gasteiger partial charge in [-0.05, 0) is 60.2 Å². The van der Waals surface area contributed by atoms with Gasteiger partial charge in [0.1, 0.15) is 17.2 Å². The number of hydrogen-bond donors (Lipinski definition) is 3. The third kappa shape index (κ3) is 4.03. The second-order valence-electron chi connectivity index (χ2n) is 5.19. The Bertz CT molecular complexity index is 883. The van der Waals surface area contributed by atoms with E-state index in [0.717, 1.165) is 16.9 Å². The first kappa shape index (κ1) is 16.3. The number of carbonyl (C=O) groups excluding carboxylic acids is 1. The van der Waals surface area contributed by atoms with Crippen LogP contribution in [0.3, 0.4) is 0 Å². The van der Waals surface area contributed by atoms with Crippen LogP contribution < -0.4 is 10.2 Å². The van der Waals surface area contributed by atoms with Gasteiger partial charge >= 0.3 is 0 Å². The number of rotatable bonds is 5. The molecule has 0 saturated carbocycles. The molecular formula is C18H16N4O3. The lowest BCUT2D eigenvalue weighted by atomic mass is 10.1. The van der Waals surface area contributed by atoms with E-state index in [0.29, 0.717) is 11.4 Å². The molecular weight excluding hydrogens is 320 g/mol. The van der Waals surface area contributed by atoms with Crippen molar-refractivity contribution in [1.82, 2.24) is 15.6 Å². The Kier molecular flexibility index (Phi) is 4.75. The molecule has 3 N–H and O–H groups in total. The number of hydrogen-bond acceptors (Lipinski definition) is 5. The Hall–Kier alpha value is -3.61. The first-order valence-corrected chi connectivity index (χ1v) is 7.48. The van der Waals surface area contributed by atoms with E-state index in [2.05, 4.69) is 20.7 Å². The topological polar surface area (TPSA) is 99.6 Å². The van der Waals surface area contributed by atoms with Gasteiger partial charge in [0, 0.05) is 5.56 Å². The van der Waals surface area contributed by atoms with E-state index < -0.39 is 5.91 Å². The van der Waals surface area contributed by atoms with E-state index in [1.54, 1.807) is 37.4 Å². The first-order valence-electron chi connectivity index (χ1n) is 7.48. The molecule has 25 heavy (non-hydrogen) atoms. The van der Waals surface area contributed by atoms with Crippen LogP contribution in [0.2, 0.25) is 0 Å². The predicted octanol–water partition coefficient (Wildman–Crippen LogP) is 2.55. The van der Waals surface area contributed by atoms with Gasteiger partial charge in [0.25, 0.3) is 5.91 Å². The number of ether oxygens (including phenoxy) is 1. The Labute approximate surface area is 144 Å². The minimum atomic E-state index is -0.401. The van der Waals surface area contributed by atoms with Gasteiger partial charge in [-0.1, -0.05) is 0 Å². The minimum absolute atomic E-state index is 0.171. The summed E-state index contributed by atoms with van der Waals surface area (Å²) in [5, 5.41) is 19.9. The molecule has 7 heteroatoms. The second-order valence-corrected chi connectivity index (χ2v) is 5.19. The highest BCUT2D eigenvalue weighted by molar-refractivity contribution is 5.94. The zero-order valence-corrected chi connectivity index (χ0v) is 13.4. The Balaban J connectivity index is 1.64. The maximum absolute atomic E-state index is 12.1. The van der Waals surface area contributed by atoms with Crippen molar-refractivity contribution in [2.45, 2.75) is 0 Å². The third-order valence-corrected chi connectivity index (χ3v) is 3.48. The minimum Gasteiger partial charge on any atom is -0.508 e. The fourth-order valence-electron chi connectivity index (χ4n) is 2.13. The SMILES string of the molecule is COc1ccc(-c2cc(C(=O)N/N=C/c3ccc(O)cc3)[nH]n2)cc1. The van der Waals surface area contributed by atoms with Gasteiger partial charge < -0.3 is 9.84 Å². The van der Waals surface area contributed by atoms with Crippen LogP contribution in [0, 0.1) is 0 Å². The fourth-order valence-corrected chi connectivity index (χ4v) is 2.13. The van der Waals surface area contributed by atoms with Crippen molar-refractivity contribution in [1.29, 1.82) is 0 Å². The van der Waals surface area contributed by atoms with Gasteiger partial charge in [-0.3, -0.25) is 9.89 Å². The molecule has 0 aliphatic rings. The molecule has 0 aliphatic heterocycles. The van der Waals surface area contributed by atoms with Crippen molar-refractivity contribution in [3.05, 3.63) is 65.9 Å². The summed E-state index contributed by atoms with van der Waals surface area (Å²) in [4.78, 5) is 12.1. The fraction of sp³-hybridized carbons (Fsp3) is 0.0556. The number of aromatic amines is 1. The molecule has 2 aromatic carbocycles. The van der Waals surface area contributed by atoms with E-state index in [-0.39, 0.29) is 5.75 Å². The lowest BCUT2D eigenvalue weighted by molar-refractivity contribution is 0.0950. The molecule has 0 fully saturated rings. The number of aromatic nitrogens is 2. The van der Waals surface area contributed by atoms with E-state index in [1.165, 1.54) is 6.21 Å². The first-order chi connectivity index (χ1) is 12.2. The van der Waals surface area contributed by atoms with E-state index in [1.807, 2.05) is 24.3 Å². The van der Waals surface area contributed by atoms with Crippen LogP contribution in [0.5, 0.6) is 11.5 Å². The average Bonchev–Trinajstić information content (AvgIpc) is 3.13. The van der Waals surface area contributed by atoms with Crippen LogP contribution in [0.1, 0.15) is 16.1 Å². The normalized spacial score (nSPS) is 10.8. The highest BCUT2D eigenvalue weighted by atomic mass is 16.5. The molecule has 0 aliphatic carbocycles. The summed E-state index contributed by atoms with van der Waals surface area (Å²) in [5.74, 6) is 0.521. The Morgan fingerprint density at radius 1 is 1.20 bits per heavy atom. The summed E-state index contributed by atoms with van der Waals surface area (Å²) in [6.07, 6.45) is 1.48. The van der Waals surface area contributed by atoms with Crippen LogP contribution in [0.25, 0.3) is 11.3 Å². The number of phenolic OH excluding ortho intramolecular Hbond substituents is 1. The van der Waals surface area contributed by atoms with Crippen molar-refractivity contribution in [3.63, 3.8) is 0 Å². The zero-order valence-electron chi connectivity index (χ0n) is 13.4. The van der Waals surface area contributed by atoms with Crippen molar-refractivity contribution in [2.75, 3.05) is 7.11 Å². The number of nitrogens with one attached hydrogen (secondary N) is 2. The van der Waals surface area contributed by atoms with Crippen LogP contribution in [0.4, 0.5) is 0 Å². The number of nitrogens with zero attached hydrogens (tertiary/aromatic N) is 2. The van der Waals surface area contributed by atoms with Crippen LogP contribution >= 0.6 is 0 Å². The standard InChI is InChI=1S/C18H16N4O3/c1-25-15-8-4-13(5-9-15)16-10-17(21-20-16)18(24)22-19-11-12-2-6-14(23)7-3-12/h2-11,23H,1H3,(H,20,21)(H,22,24)/b19-11+. The van der Waals surface area contributed by atoms with Gasteiger partial charge in [-0.25, -0.2) is 5.43 Å². The van der Waals surface area contributed by atoms with Gasteiger partial charge in [0.05, 0.1) is 19.0 Å². The number of phenols is 1. The molecule has 0 atom stereocenters. The molecule has 0 radical (unpaired) electrons. The third-order valence-electron chi connectivity index (χ3n) is 3.48. The molecule has 3 aromatic rings. The van der Waals surface area contributed by atoms with Gasteiger partial charge in [0.15, 0.2) is 0 Å². The van der Waals surface area contributed by atoms with Gasteiger partial charge in [0.2, 0.25) is 0 Å². The molecule has 0 bridgehead atoms. The number of H-pyrrole nitrogens is 1. The maximum atomic E-state index is 12.1. The van der Waals surface area contributed by atoms with E-state index in [9.17, 15) is 9.90 Å².